The molecule has 0 bridgehead atoms. The molecule has 30 heteroatoms. The second-order valence-electron chi connectivity index (χ2n) is 42.7. The lowest BCUT2D eigenvalue weighted by atomic mass is 9.79. The number of carbonyl (C=O) groups excluding carboxylic acids is 15. The summed E-state index contributed by atoms with van der Waals surface area (Å²) in [6.07, 6.45) is 33.0. The van der Waals surface area contributed by atoms with Crippen molar-refractivity contribution >= 4 is 143 Å². The van der Waals surface area contributed by atoms with E-state index in [0.717, 1.165) is 127 Å². The van der Waals surface area contributed by atoms with E-state index in [-0.39, 0.29) is 54.0 Å². The van der Waals surface area contributed by atoms with E-state index in [0.29, 0.717) is 157 Å². The molecule has 0 saturated heterocycles. The van der Waals surface area contributed by atoms with Crippen molar-refractivity contribution in [2.45, 2.75) is 317 Å². The van der Waals surface area contributed by atoms with Gasteiger partial charge in [-0.05, 0) is 242 Å². The second-order valence-corrected chi connectivity index (χ2v) is 42.7. The Morgan fingerprint density at radius 3 is 0.803 bits per heavy atom. The molecule has 0 unspecified atom stereocenters. The number of nitrogens with zero attached hydrogens (tertiary/aromatic N) is 5. The summed E-state index contributed by atoms with van der Waals surface area (Å²) >= 11 is 0. The molecule has 0 amide bonds. The van der Waals surface area contributed by atoms with Gasteiger partial charge in [0.2, 0.25) is 0 Å². The first-order valence-electron chi connectivity index (χ1n) is 51.3. The number of aryl methyl sites for hydroxylation is 5. The third-order valence-corrected chi connectivity index (χ3v) is 27.5. The SMILES string of the molecule is CCC(C)(C)CCC(=O)C(C)(C)COc1cccc2nc(C)cc(N)c12.Cc1cc(N)c2c(OC3CCC(C(=O)CC(C)C)CC3)cccc2n1.Cc1cc(N)c2c(OCC(C)(C)C(=O)CC3CCCCC3)cccc2n1.Cc1cc(N)c2c(OCC(C)(C)C(=O)CC3CCCCCC3)cccc2n1.Cc1cc(N)c2c(OCC(C)(C)C(=O)CC3CCCCCCC3)cccc2n1.O=C=O.O=C=O.O=C=O.O=C=O.O=C=O. The van der Waals surface area contributed by atoms with Gasteiger partial charge < -0.3 is 52.4 Å². The Kier molecular flexibility index (Phi) is 52.0. The van der Waals surface area contributed by atoms with Crippen LogP contribution in [0.25, 0.3) is 54.5 Å². The molecule has 4 aliphatic rings. The fourth-order valence-electron chi connectivity index (χ4n) is 18.6. The van der Waals surface area contributed by atoms with E-state index in [1.54, 1.807) is 0 Å². The predicted molar refractivity (Wildman–Crippen MR) is 568 cm³/mol. The van der Waals surface area contributed by atoms with Crippen LogP contribution in [-0.2, 0) is 71.9 Å². The first-order chi connectivity index (χ1) is 69.7. The standard InChI is InChI=1S/C24H34N2O2.C23H32N2O2.C22H30N2O2.C22H32N2O2.C21H28N2O2.5CO2/c1-17-14-19(25)23-20(26-17)12-9-13-21(23)28-16-24(2,3)22(27)15-18-10-7-5-4-6-8-11-18;1-16-13-18(24)22-19(25-16)11-8-12-20(22)27-15-23(2,3)21(26)14-17-9-6-4-5-7-10-17;1-15-12-17(23)21-18(24-15)10-7-11-19(21)26-14-22(2,3)20(25)13-16-8-5-4-6-9-16;1-7-21(3,4)12-11-19(25)22(5,6)14-26-18-10-8-9-17-20(18)16(23)13-15(2)24-17;1-13(2)11-19(24)15-7-9-16(10-8-15)25-20-6-4-5-18-21(20)17(22)12-14(3)23-18;5*2-1-3/h9,12-14,18H,4-8,10-11,15-16H2,1-3H3,(H2,25,26);8,11-13,17H,4-7,9-10,14-15H2,1-3H3,(H2,24,25);7,10-12,16H,4-6,8-9,13-14H2,1-3H3,(H2,23,24);8-10,13H,7,11-12,14H2,1-6H3,(H2,23,24);4-6,12-13,15-16H,7-11H2,1-3H3,(H2,22,23);;;;;. The molecule has 0 atom stereocenters. The van der Waals surface area contributed by atoms with Crippen molar-refractivity contribution in [3.63, 3.8) is 0 Å². The lowest BCUT2D eigenvalue weighted by Gasteiger charge is -2.29. The molecule has 5 heterocycles. The molecule has 30 nitrogen and oxygen atoms in total. The Labute approximate surface area is 865 Å². The van der Waals surface area contributed by atoms with Crippen LogP contribution >= 0.6 is 0 Å². The molecule has 0 radical (unpaired) electrons. The lowest BCUT2D eigenvalue weighted by molar-refractivity contribution is -0.193. The molecule has 5 aromatic carbocycles. The number of carbonyl (C=O) groups is 5. The highest BCUT2D eigenvalue weighted by Gasteiger charge is 2.37. The van der Waals surface area contributed by atoms with Gasteiger partial charge >= 0.3 is 30.8 Å². The zero-order valence-corrected chi connectivity index (χ0v) is 89.6. The van der Waals surface area contributed by atoms with E-state index in [4.69, 9.17) is 100 Å². The van der Waals surface area contributed by atoms with E-state index in [1.165, 1.54) is 116 Å². The summed E-state index contributed by atoms with van der Waals surface area (Å²) in [6.45, 7) is 37.6. The molecule has 14 rings (SSSR count). The Balaban J connectivity index is 0.000000312. The Bertz CT molecular complexity index is 6060. The first-order valence-corrected chi connectivity index (χ1v) is 51.3. The average molecular weight is 2020 g/mol. The number of hydrogen-bond donors (Lipinski definition) is 5. The Morgan fingerprint density at radius 2 is 0.558 bits per heavy atom. The van der Waals surface area contributed by atoms with Crippen molar-refractivity contribution in [1.29, 1.82) is 0 Å². The molecule has 794 valence electrons. The zero-order valence-electron chi connectivity index (χ0n) is 89.6. The third kappa shape index (κ3) is 41.0. The number of benzene rings is 5. The minimum absolute atomic E-state index is 0.148. The summed E-state index contributed by atoms with van der Waals surface area (Å²) in [5.74, 6) is 7.44. The van der Waals surface area contributed by atoms with Crippen LogP contribution in [0.3, 0.4) is 0 Å². The van der Waals surface area contributed by atoms with Gasteiger partial charge in [-0.15, -0.1) is 0 Å². The number of Topliss-reactive ketones (excluding diaryl/α,β-unsaturated/α-hetero) is 5. The normalized spacial score (nSPS) is 15.0. The highest BCUT2D eigenvalue weighted by molar-refractivity contribution is 6.00. The minimum atomic E-state index is -0.543. The van der Waals surface area contributed by atoms with E-state index in [9.17, 15) is 24.0 Å². The fraction of sp³-hybridized carbons (Fsp3) is 0.530. The van der Waals surface area contributed by atoms with Crippen molar-refractivity contribution in [2.75, 3.05) is 55.1 Å². The summed E-state index contributed by atoms with van der Waals surface area (Å²) in [4.78, 5) is 168. The van der Waals surface area contributed by atoms with Gasteiger partial charge in [-0.2, -0.15) is 47.9 Å². The van der Waals surface area contributed by atoms with Crippen LogP contribution in [0, 0.1) is 91.3 Å². The Hall–Kier alpha value is -13.6. The smallest absolute Gasteiger partial charge is 0.373 e. The highest BCUT2D eigenvalue weighted by Crippen LogP contribution is 2.42. The van der Waals surface area contributed by atoms with Crippen molar-refractivity contribution in [3.8, 4) is 28.7 Å². The lowest BCUT2D eigenvalue weighted by Crippen LogP contribution is -2.33. The van der Waals surface area contributed by atoms with Crippen LogP contribution < -0.4 is 52.4 Å². The number of aromatic nitrogens is 5. The van der Waals surface area contributed by atoms with Gasteiger partial charge in [0.15, 0.2) is 0 Å². The number of fused-ring (bicyclic) bond motifs is 5. The number of nitrogen functional groups attached to an aromatic ring is 5. The predicted octanol–water partition coefficient (Wildman–Crippen LogP) is 23.5. The maximum Gasteiger partial charge on any atom is 0.373 e. The molecule has 10 N–H and O–H groups in total. The minimum Gasteiger partial charge on any atom is -0.492 e. The van der Waals surface area contributed by atoms with E-state index in [2.05, 4.69) is 59.5 Å². The highest BCUT2D eigenvalue weighted by atomic mass is 16.5. The van der Waals surface area contributed by atoms with E-state index < -0.39 is 21.7 Å². The van der Waals surface area contributed by atoms with E-state index >= 15 is 0 Å². The summed E-state index contributed by atoms with van der Waals surface area (Å²) < 4.78 is 30.6. The number of ketones is 5. The monoisotopic (exact) mass is 2020 g/mol. The van der Waals surface area contributed by atoms with Gasteiger partial charge in [-0.1, -0.05) is 187 Å². The van der Waals surface area contributed by atoms with Crippen LogP contribution in [0.15, 0.2) is 121 Å². The number of hydrogen-bond acceptors (Lipinski definition) is 30. The van der Waals surface area contributed by atoms with Crippen LogP contribution in [0.2, 0.25) is 0 Å². The molecule has 4 saturated carbocycles. The van der Waals surface area contributed by atoms with Crippen molar-refractivity contribution < 1.29 is 95.6 Å². The maximum atomic E-state index is 13.0. The molecular weight excluding hydrogens is 1870 g/mol. The topological polar surface area (TPSA) is 497 Å². The van der Waals surface area contributed by atoms with E-state index in [1.807, 2.05) is 211 Å². The molecule has 0 spiro atoms. The third-order valence-electron chi connectivity index (χ3n) is 27.5. The van der Waals surface area contributed by atoms with Crippen molar-refractivity contribution in [2.24, 2.45) is 56.7 Å². The molecule has 4 aliphatic carbocycles. The van der Waals surface area contributed by atoms with Crippen LogP contribution in [0.4, 0.5) is 28.4 Å². The Morgan fingerprint density at radius 1 is 0.333 bits per heavy atom. The van der Waals surface area contributed by atoms with Gasteiger partial charge in [0.1, 0.15) is 84.1 Å². The average Bonchev–Trinajstić information content (AvgIpc) is 0.938. The molecule has 5 aromatic heterocycles. The fourth-order valence-corrected chi connectivity index (χ4v) is 18.6. The molecule has 10 aromatic rings. The summed E-state index contributed by atoms with van der Waals surface area (Å²) in [7, 11) is 0. The van der Waals surface area contributed by atoms with Crippen LogP contribution in [0.5, 0.6) is 28.7 Å². The number of ether oxygens (including phenoxy) is 5. The van der Waals surface area contributed by atoms with Crippen molar-refractivity contribution in [3.05, 3.63) is 150 Å². The number of anilines is 5. The maximum absolute atomic E-state index is 13.0. The van der Waals surface area contributed by atoms with Crippen molar-refractivity contribution in [1.82, 2.24) is 24.9 Å². The largest absolute Gasteiger partial charge is 0.492 e. The zero-order chi connectivity index (χ0) is 109. The number of pyridine rings is 5. The van der Waals surface area contributed by atoms with Gasteiger partial charge in [0, 0.05) is 94.9 Å². The molecular formula is C117H156N10O20. The first kappa shape index (κ1) is 124. The van der Waals surface area contributed by atoms with Crippen LogP contribution in [0.1, 0.15) is 305 Å². The van der Waals surface area contributed by atoms with Gasteiger partial charge in [-0.25, -0.2) is 0 Å². The van der Waals surface area contributed by atoms with Gasteiger partial charge in [0.05, 0.1) is 82.3 Å². The molecule has 147 heavy (non-hydrogen) atoms. The molecule has 4 fully saturated rings. The number of rotatable bonds is 31. The van der Waals surface area contributed by atoms with Gasteiger partial charge in [0.25, 0.3) is 0 Å². The summed E-state index contributed by atoms with van der Waals surface area (Å²) in [5, 5.41) is 4.19. The van der Waals surface area contributed by atoms with Crippen LogP contribution in [-0.4, -0.2) is 117 Å². The summed E-state index contributed by atoms with van der Waals surface area (Å²) in [5.41, 5.74) is 41.1. The second kappa shape index (κ2) is 61.8. The number of nitrogens with two attached hydrogens (primary N) is 5. The van der Waals surface area contributed by atoms with Gasteiger partial charge in [-0.3, -0.25) is 48.9 Å². The summed E-state index contributed by atoms with van der Waals surface area (Å²) in [6, 6.07) is 38.2. The quantitative estimate of drug-likeness (QED) is 0.0252. The molecule has 0 aliphatic heterocycles.